The molecule has 1 aliphatic carbocycles. The second-order valence-electron chi connectivity index (χ2n) is 6.07. The Morgan fingerprint density at radius 1 is 1.17 bits per heavy atom. The summed E-state index contributed by atoms with van der Waals surface area (Å²) in [7, 11) is 1.33. The molecule has 0 saturated carbocycles. The number of nitrogens with one attached hydrogen (secondary N) is 1. The number of amides is 1. The van der Waals surface area contributed by atoms with Crippen LogP contribution in [0.3, 0.4) is 0 Å². The first-order valence-corrected chi connectivity index (χ1v) is 8.95. The molecule has 6 nitrogen and oxygen atoms in total. The van der Waals surface area contributed by atoms with Crippen LogP contribution < -0.4 is 5.32 Å². The van der Waals surface area contributed by atoms with Gasteiger partial charge in [0.05, 0.1) is 18.6 Å². The summed E-state index contributed by atoms with van der Waals surface area (Å²) in [5.74, 6) is -1.61. The summed E-state index contributed by atoms with van der Waals surface area (Å²) < 4.78 is 9.81. The fourth-order valence-corrected chi connectivity index (χ4v) is 3.91. The summed E-state index contributed by atoms with van der Waals surface area (Å²) in [6, 6.07) is 0. The maximum atomic E-state index is 12.2. The van der Waals surface area contributed by atoms with E-state index in [-0.39, 0.29) is 12.5 Å². The van der Waals surface area contributed by atoms with Gasteiger partial charge in [0.25, 0.3) is 5.91 Å². The van der Waals surface area contributed by atoms with E-state index in [9.17, 15) is 14.4 Å². The minimum atomic E-state index is -0.453. The number of ether oxygens (including phenoxy) is 2. The number of hydrogen-bond donors (Lipinski definition) is 1. The minimum absolute atomic E-state index is 0.291. The molecule has 2 rings (SSSR count). The van der Waals surface area contributed by atoms with Gasteiger partial charge in [-0.2, -0.15) is 0 Å². The highest BCUT2D eigenvalue weighted by molar-refractivity contribution is 7.17. The Morgan fingerprint density at radius 2 is 1.88 bits per heavy atom. The maximum absolute atomic E-state index is 12.2. The Labute approximate surface area is 145 Å². The Bertz CT molecular complexity index is 635. The summed E-state index contributed by atoms with van der Waals surface area (Å²) in [4.78, 5) is 36.8. The van der Waals surface area contributed by atoms with Crippen LogP contribution in [0.15, 0.2) is 0 Å². The molecule has 1 amide bonds. The number of carbonyl (C=O) groups is 3. The van der Waals surface area contributed by atoms with E-state index in [1.165, 1.54) is 18.4 Å². The van der Waals surface area contributed by atoms with E-state index in [2.05, 4.69) is 5.32 Å². The zero-order chi connectivity index (χ0) is 17.7. The molecule has 0 bridgehead atoms. The molecule has 1 heterocycles. The van der Waals surface area contributed by atoms with Gasteiger partial charge in [-0.3, -0.25) is 9.59 Å². The zero-order valence-electron chi connectivity index (χ0n) is 14.3. The van der Waals surface area contributed by atoms with Crippen LogP contribution in [0.2, 0.25) is 0 Å². The molecule has 7 heteroatoms. The van der Waals surface area contributed by atoms with Crippen molar-refractivity contribution in [2.75, 3.05) is 19.0 Å². The van der Waals surface area contributed by atoms with E-state index in [0.717, 1.165) is 42.5 Å². The van der Waals surface area contributed by atoms with Crippen molar-refractivity contribution in [2.45, 2.75) is 46.0 Å². The number of aryl methyl sites for hydroxylation is 1. The second-order valence-corrected chi connectivity index (χ2v) is 7.18. The van der Waals surface area contributed by atoms with Gasteiger partial charge in [0.2, 0.25) is 0 Å². The van der Waals surface area contributed by atoms with Crippen molar-refractivity contribution in [3.05, 3.63) is 16.0 Å². The monoisotopic (exact) mass is 353 g/mol. The lowest BCUT2D eigenvalue weighted by Crippen LogP contribution is -2.23. The molecule has 0 atom stereocenters. The van der Waals surface area contributed by atoms with Crippen molar-refractivity contribution in [2.24, 2.45) is 5.92 Å². The van der Waals surface area contributed by atoms with Gasteiger partial charge >= 0.3 is 11.9 Å². The van der Waals surface area contributed by atoms with E-state index < -0.39 is 17.8 Å². The summed E-state index contributed by atoms with van der Waals surface area (Å²) in [5, 5.41) is 3.18. The molecule has 132 valence electrons. The van der Waals surface area contributed by atoms with Crippen LogP contribution in [0.25, 0.3) is 0 Å². The van der Waals surface area contributed by atoms with E-state index in [1.807, 2.05) is 0 Å². The van der Waals surface area contributed by atoms with Crippen LogP contribution in [0, 0.1) is 5.92 Å². The van der Waals surface area contributed by atoms with Crippen molar-refractivity contribution >= 4 is 34.2 Å². The Kier molecular flexibility index (Phi) is 6.36. The topological polar surface area (TPSA) is 81.7 Å². The van der Waals surface area contributed by atoms with Gasteiger partial charge in [-0.05, 0) is 31.2 Å². The van der Waals surface area contributed by atoms with Crippen LogP contribution in [0.5, 0.6) is 0 Å². The van der Waals surface area contributed by atoms with Gasteiger partial charge in [0.15, 0.2) is 6.61 Å². The third-order valence-corrected chi connectivity index (χ3v) is 5.09. The fraction of sp³-hybridized carbons (Fsp3) is 0.588. The quantitative estimate of drug-likeness (QED) is 0.650. The predicted molar refractivity (Wildman–Crippen MR) is 91.3 cm³/mol. The lowest BCUT2D eigenvalue weighted by molar-refractivity contribution is -0.150. The number of rotatable bonds is 5. The molecule has 1 aliphatic rings. The van der Waals surface area contributed by atoms with Crippen LogP contribution in [-0.2, 0) is 31.9 Å². The Balaban J connectivity index is 2.15. The number of thiophene rings is 1. The summed E-state index contributed by atoms with van der Waals surface area (Å²) in [6.45, 7) is 3.04. The molecule has 1 aromatic heterocycles. The Hall–Kier alpha value is -1.89. The van der Waals surface area contributed by atoms with Crippen molar-refractivity contribution < 1.29 is 23.9 Å². The molecule has 0 aliphatic heterocycles. The Morgan fingerprint density at radius 3 is 2.54 bits per heavy atom. The number of methoxy groups -OCH3 is 1. The molecular formula is C17H23NO5S. The van der Waals surface area contributed by atoms with Crippen molar-refractivity contribution in [1.82, 2.24) is 0 Å². The highest BCUT2D eigenvalue weighted by Crippen LogP contribution is 2.37. The predicted octanol–water partition coefficient (Wildman–Crippen LogP) is 2.94. The summed E-state index contributed by atoms with van der Waals surface area (Å²) in [5.41, 5.74) is 1.43. The number of hydrogen-bond acceptors (Lipinski definition) is 6. The van der Waals surface area contributed by atoms with Gasteiger partial charge in [-0.25, -0.2) is 4.79 Å². The number of carbonyl (C=O) groups excluding carboxylic acids is 3. The SMILES string of the molecule is COC(=O)c1c(NC(=O)COC(=O)C(C)C)sc2c1CCCCC2. The van der Waals surface area contributed by atoms with Gasteiger partial charge in [0, 0.05) is 4.88 Å². The van der Waals surface area contributed by atoms with E-state index in [0.29, 0.717) is 10.6 Å². The maximum Gasteiger partial charge on any atom is 0.341 e. The standard InChI is InChI=1S/C17H23NO5S/c1-10(2)16(20)23-9-13(19)18-15-14(17(21)22-3)11-7-5-4-6-8-12(11)24-15/h10H,4-9H2,1-3H3,(H,18,19). The first-order valence-electron chi connectivity index (χ1n) is 8.13. The molecule has 0 spiro atoms. The van der Waals surface area contributed by atoms with Gasteiger partial charge in [-0.15, -0.1) is 11.3 Å². The van der Waals surface area contributed by atoms with Crippen LogP contribution in [0.1, 0.15) is 53.9 Å². The average molecular weight is 353 g/mol. The second kappa shape index (κ2) is 8.28. The van der Waals surface area contributed by atoms with Crippen molar-refractivity contribution in [3.63, 3.8) is 0 Å². The van der Waals surface area contributed by atoms with Crippen LogP contribution in [0.4, 0.5) is 5.00 Å². The van der Waals surface area contributed by atoms with Gasteiger partial charge in [0.1, 0.15) is 5.00 Å². The highest BCUT2D eigenvalue weighted by Gasteiger charge is 2.26. The first kappa shape index (κ1) is 18.4. The number of esters is 2. The number of anilines is 1. The van der Waals surface area contributed by atoms with E-state index in [4.69, 9.17) is 9.47 Å². The van der Waals surface area contributed by atoms with E-state index >= 15 is 0 Å². The lowest BCUT2D eigenvalue weighted by atomic mass is 10.1. The van der Waals surface area contributed by atoms with E-state index in [1.54, 1.807) is 13.8 Å². The molecule has 1 aromatic rings. The van der Waals surface area contributed by atoms with Gasteiger partial charge < -0.3 is 14.8 Å². The lowest BCUT2D eigenvalue weighted by Gasteiger charge is -2.09. The van der Waals surface area contributed by atoms with Crippen LogP contribution >= 0.6 is 11.3 Å². The smallest absolute Gasteiger partial charge is 0.341 e. The zero-order valence-corrected chi connectivity index (χ0v) is 15.1. The molecule has 0 aromatic carbocycles. The number of fused-ring (bicyclic) bond motifs is 1. The summed E-state index contributed by atoms with van der Waals surface area (Å²) >= 11 is 1.41. The average Bonchev–Trinajstić information content (AvgIpc) is 2.72. The fourth-order valence-electron chi connectivity index (χ4n) is 2.61. The largest absolute Gasteiger partial charge is 0.465 e. The molecule has 1 N–H and O–H groups in total. The summed E-state index contributed by atoms with van der Waals surface area (Å²) in [6.07, 6.45) is 4.95. The van der Waals surface area contributed by atoms with Gasteiger partial charge in [-0.1, -0.05) is 20.3 Å². The van der Waals surface area contributed by atoms with Crippen molar-refractivity contribution in [3.8, 4) is 0 Å². The highest BCUT2D eigenvalue weighted by atomic mass is 32.1. The molecular weight excluding hydrogens is 330 g/mol. The molecule has 0 unspecified atom stereocenters. The first-order chi connectivity index (χ1) is 11.4. The third-order valence-electron chi connectivity index (χ3n) is 3.88. The molecule has 0 saturated heterocycles. The molecule has 0 fully saturated rings. The third kappa shape index (κ3) is 4.35. The van der Waals surface area contributed by atoms with Crippen LogP contribution in [-0.4, -0.2) is 31.6 Å². The minimum Gasteiger partial charge on any atom is -0.465 e. The molecule has 0 radical (unpaired) electrons. The molecule has 24 heavy (non-hydrogen) atoms. The van der Waals surface area contributed by atoms with Crippen molar-refractivity contribution in [1.29, 1.82) is 0 Å². The normalized spacial score (nSPS) is 13.8.